The molecule has 0 saturated carbocycles. The SMILES string of the molecule is C=CC=CC(C)C(C)=CC. The predicted octanol–water partition coefficient (Wildman–Crippen LogP) is 3.33. The molecule has 0 radical (unpaired) electrons. The molecular weight excluding hydrogens is 120 g/mol. The van der Waals surface area contributed by atoms with Gasteiger partial charge in [-0.2, -0.15) is 0 Å². The van der Waals surface area contributed by atoms with Crippen LogP contribution in [0.5, 0.6) is 0 Å². The van der Waals surface area contributed by atoms with E-state index in [0.29, 0.717) is 5.92 Å². The molecule has 0 aromatic heterocycles. The third-order valence-electron chi connectivity index (χ3n) is 1.71. The monoisotopic (exact) mass is 136 g/mol. The Kier molecular flexibility index (Phi) is 4.65. The summed E-state index contributed by atoms with van der Waals surface area (Å²) in [6.45, 7) is 9.99. The zero-order valence-corrected chi connectivity index (χ0v) is 7.09. The molecule has 0 aliphatic heterocycles. The number of allylic oxidation sites excluding steroid dienone is 5. The fourth-order valence-electron chi connectivity index (χ4n) is 0.660. The maximum Gasteiger partial charge on any atom is -0.00514 e. The third-order valence-corrected chi connectivity index (χ3v) is 1.71. The van der Waals surface area contributed by atoms with Crippen LogP contribution in [0.2, 0.25) is 0 Å². The first-order chi connectivity index (χ1) is 4.72. The van der Waals surface area contributed by atoms with Crippen LogP contribution in [-0.2, 0) is 0 Å². The molecule has 0 saturated heterocycles. The van der Waals surface area contributed by atoms with E-state index in [1.165, 1.54) is 5.57 Å². The van der Waals surface area contributed by atoms with Crippen molar-refractivity contribution in [1.82, 2.24) is 0 Å². The normalized spacial score (nSPS) is 15.7. The van der Waals surface area contributed by atoms with Crippen LogP contribution < -0.4 is 0 Å². The van der Waals surface area contributed by atoms with Gasteiger partial charge in [0.15, 0.2) is 0 Å². The van der Waals surface area contributed by atoms with Crippen molar-refractivity contribution in [2.45, 2.75) is 20.8 Å². The van der Waals surface area contributed by atoms with Crippen molar-refractivity contribution < 1.29 is 0 Å². The fourth-order valence-corrected chi connectivity index (χ4v) is 0.660. The van der Waals surface area contributed by atoms with E-state index >= 15 is 0 Å². The van der Waals surface area contributed by atoms with Gasteiger partial charge in [-0.05, 0) is 19.8 Å². The second kappa shape index (κ2) is 5.04. The molecule has 0 N–H and O–H groups in total. The van der Waals surface area contributed by atoms with E-state index in [1.807, 2.05) is 6.08 Å². The first kappa shape index (κ1) is 9.22. The molecule has 0 aromatic carbocycles. The van der Waals surface area contributed by atoms with E-state index in [4.69, 9.17) is 0 Å². The number of rotatable bonds is 3. The molecule has 0 spiro atoms. The van der Waals surface area contributed by atoms with E-state index in [-0.39, 0.29) is 0 Å². The molecule has 0 bridgehead atoms. The second-order valence-corrected chi connectivity index (χ2v) is 2.44. The first-order valence-corrected chi connectivity index (χ1v) is 3.64. The molecule has 0 heterocycles. The summed E-state index contributed by atoms with van der Waals surface area (Å²) in [4.78, 5) is 0. The van der Waals surface area contributed by atoms with Crippen molar-refractivity contribution in [3.63, 3.8) is 0 Å². The van der Waals surface area contributed by atoms with Crippen LogP contribution >= 0.6 is 0 Å². The molecule has 1 unspecified atom stereocenters. The Morgan fingerprint density at radius 3 is 2.50 bits per heavy atom. The van der Waals surface area contributed by atoms with E-state index in [9.17, 15) is 0 Å². The Bertz CT molecular complexity index is 149. The minimum absolute atomic E-state index is 0.544. The lowest BCUT2D eigenvalue weighted by atomic mass is 10.0. The first-order valence-electron chi connectivity index (χ1n) is 3.64. The van der Waals surface area contributed by atoms with Crippen molar-refractivity contribution in [3.05, 3.63) is 36.5 Å². The van der Waals surface area contributed by atoms with Gasteiger partial charge >= 0.3 is 0 Å². The lowest BCUT2D eigenvalue weighted by molar-refractivity contribution is 0.860. The molecule has 0 fully saturated rings. The van der Waals surface area contributed by atoms with Crippen LogP contribution in [-0.4, -0.2) is 0 Å². The Morgan fingerprint density at radius 2 is 2.10 bits per heavy atom. The van der Waals surface area contributed by atoms with Crippen LogP contribution in [0.3, 0.4) is 0 Å². The Hall–Kier alpha value is -0.780. The van der Waals surface area contributed by atoms with Crippen LogP contribution in [0, 0.1) is 5.92 Å². The van der Waals surface area contributed by atoms with Gasteiger partial charge in [-0.3, -0.25) is 0 Å². The van der Waals surface area contributed by atoms with Crippen molar-refractivity contribution in [2.75, 3.05) is 0 Å². The van der Waals surface area contributed by atoms with E-state index < -0.39 is 0 Å². The average Bonchev–Trinajstić information content (AvgIpc) is 1.98. The molecule has 0 rings (SSSR count). The van der Waals surface area contributed by atoms with Gasteiger partial charge in [0.1, 0.15) is 0 Å². The summed E-state index contributed by atoms with van der Waals surface area (Å²) in [5, 5.41) is 0. The van der Waals surface area contributed by atoms with Crippen molar-refractivity contribution in [3.8, 4) is 0 Å². The van der Waals surface area contributed by atoms with E-state index in [2.05, 4.69) is 39.5 Å². The summed E-state index contributed by atoms with van der Waals surface area (Å²) in [5.74, 6) is 0.544. The Morgan fingerprint density at radius 1 is 1.50 bits per heavy atom. The minimum atomic E-state index is 0.544. The van der Waals surface area contributed by atoms with Gasteiger partial charge in [-0.25, -0.2) is 0 Å². The summed E-state index contributed by atoms with van der Waals surface area (Å²) in [6, 6.07) is 0. The van der Waals surface area contributed by atoms with Gasteiger partial charge < -0.3 is 0 Å². The molecular formula is C10H16. The van der Waals surface area contributed by atoms with Gasteiger partial charge in [0.25, 0.3) is 0 Å². The summed E-state index contributed by atoms with van der Waals surface area (Å²) < 4.78 is 0. The van der Waals surface area contributed by atoms with Crippen LogP contribution in [0.1, 0.15) is 20.8 Å². The molecule has 0 aliphatic carbocycles. The summed E-state index contributed by atoms with van der Waals surface area (Å²) >= 11 is 0. The van der Waals surface area contributed by atoms with Gasteiger partial charge in [-0.15, -0.1) is 0 Å². The maximum atomic E-state index is 3.61. The van der Waals surface area contributed by atoms with Gasteiger partial charge in [0, 0.05) is 0 Å². The predicted molar refractivity (Wildman–Crippen MR) is 47.9 cm³/mol. The Labute approximate surface area is 64.0 Å². The minimum Gasteiger partial charge on any atom is -0.0991 e. The highest BCUT2D eigenvalue weighted by Gasteiger charge is 1.95. The fraction of sp³-hybridized carbons (Fsp3) is 0.400. The van der Waals surface area contributed by atoms with Crippen molar-refractivity contribution >= 4 is 0 Å². The summed E-state index contributed by atoms with van der Waals surface area (Å²) in [5.41, 5.74) is 1.40. The largest absolute Gasteiger partial charge is 0.0991 e. The average molecular weight is 136 g/mol. The van der Waals surface area contributed by atoms with Crippen LogP contribution in [0.4, 0.5) is 0 Å². The quantitative estimate of drug-likeness (QED) is 0.412. The van der Waals surface area contributed by atoms with Crippen LogP contribution in [0.25, 0.3) is 0 Å². The van der Waals surface area contributed by atoms with Crippen molar-refractivity contribution in [2.24, 2.45) is 5.92 Å². The zero-order valence-electron chi connectivity index (χ0n) is 7.09. The molecule has 0 amide bonds. The topological polar surface area (TPSA) is 0 Å². The highest BCUT2D eigenvalue weighted by atomic mass is 14.0. The summed E-state index contributed by atoms with van der Waals surface area (Å²) in [6.07, 6.45) is 8.07. The van der Waals surface area contributed by atoms with E-state index in [0.717, 1.165) is 0 Å². The number of hydrogen-bond acceptors (Lipinski definition) is 0. The molecule has 0 heteroatoms. The van der Waals surface area contributed by atoms with E-state index in [1.54, 1.807) is 6.08 Å². The molecule has 0 aliphatic rings. The molecule has 10 heavy (non-hydrogen) atoms. The maximum absolute atomic E-state index is 3.61. The standard InChI is InChI=1S/C10H16/c1-5-7-8-10(4)9(3)6-2/h5-8,10H,1H2,2-4H3. The number of hydrogen-bond donors (Lipinski definition) is 0. The van der Waals surface area contributed by atoms with Crippen molar-refractivity contribution in [1.29, 1.82) is 0 Å². The molecule has 0 aromatic rings. The highest BCUT2D eigenvalue weighted by molar-refractivity contribution is 5.11. The lowest BCUT2D eigenvalue weighted by Crippen LogP contribution is -1.89. The summed E-state index contributed by atoms with van der Waals surface area (Å²) in [7, 11) is 0. The molecule has 56 valence electrons. The van der Waals surface area contributed by atoms with Gasteiger partial charge in [0.2, 0.25) is 0 Å². The Balaban J connectivity index is 3.95. The zero-order chi connectivity index (χ0) is 7.98. The lowest BCUT2D eigenvalue weighted by Gasteiger charge is -2.03. The highest BCUT2D eigenvalue weighted by Crippen LogP contribution is 2.09. The van der Waals surface area contributed by atoms with Gasteiger partial charge in [-0.1, -0.05) is 43.4 Å². The second-order valence-electron chi connectivity index (χ2n) is 2.44. The molecule has 0 nitrogen and oxygen atoms in total. The van der Waals surface area contributed by atoms with Crippen LogP contribution in [0.15, 0.2) is 36.5 Å². The molecule has 1 atom stereocenters. The third kappa shape index (κ3) is 3.29. The van der Waals surface area contributed by atoms with Gasteiger partial charge in [0.05, 0.1) is 0 Å². The smallest absolute Gasteiger partial charge is 0.00514 e.